The fourth-order valence-electron chi connectivity index (χ4n) is 1.10. The van der Waals surface area contributed by atoms with Crippen LogP contribution in [0.2, 0.25) is 0 Å². The molecule has 0 rings (SSSR count). The predicted octanol–water partition coefficient (Wildman–Crippen LogP) is 3.13. The molecule has 0 saturated heterocycles. The van der Waals surface area contributed by atoms with E-state index in [9.17, 15) is 0 Å². The van der Waals surface area contributed by atoms with Gasteiger partial charge in [0, 0.05) is 13.2 Å². The largest absolute Gasteiger partial charge is 0.379 e. The third-order valence-corrected chi connectivity index (χ3v) is 4.75. The van der Waals surface area contributed by atoms with E-state index in [1.807, 2.05) is 27.7 Å². The molecule has 0 aromatic carbocycles. The SMILES string of the molecule is CCOCCOP(=S)(OCCOCC)OC(C)CC. The van der Waals surface area contributed by atoms with Crippen molar-refractivity contribution in [2.24, 2.45) is 0 Å². The van der Waals surface area contributed by atoms with Crippen LogP contribution >= 0.6 is 6.72 Å². The highest BCUT2D eigenvalue weighted by Crippen LogP contribution is 2.51. The van der Waals surface area contributed by atoms with E-state index in [-0.39, 0.29) is 6.10 Å². The molecule has 0 aromatic heterocycles. The summed E-state index contributed by atoms with van der Waals surface area (Å²) in [6, 6.07) is 0. The molecular formula is C12H27O5PS. The molecule has 0 spiro atoms. The summed E-state index contributed by atoms with van der Waals surface area (Å²) in [6.07, 6.45) is 0.882. The lowest BCUT2D eigenvalue weighted by molar-refractivity contribution is 0.0601. The van der Waals surface area contributed by atoms with Crippen LogP contribution in [0.5, 0.6) is 0 Å². The van der Waals surface area contributed by atoms with Crippen LogP contribution in [-0.4, -0.2) is 45.7 Å². The predicted molar refractivity (Wildman–Crippen MR) is 80.0 cm³/mol. The molecule has 0 aliphatic carbocycles. The first kappa shape index (κ1) is 19.4. The van der Waals surface area contributed by atoms with Crippen molar-refractivity contribution in [1.82, 2.24) is 0 Å². The second-order valence-corrected chi connectivity index (χ2v) is 6.80. The first-order valence-electron chi connectivity index (χ1n) is 6.80. The van der Waals surface area contributed by atoms with Gasteiger partial charge in [-0.25, -0.2) is 0 Å². The maximum absolute atomic E-state index is 5.72. The third kappa shape index (κ3) is 10.9. The lowest BCUT2D eigenvalue weighted by Crippen LogP contribution is -2.13. The maximum Gasteiger partial charge on any atom is 0.327 e. The number of hydrogen-bond acceptors (Lipinski definition) is 6. The smallest absolute Gasteiger partial charge is 0.327 e. The van der Waals surface area contributed by atoms with Crippen LogP contribution < -0.4 is 0 Å². The zero-order valence-corrected chi connectivity index (χ0v) is 14.1. The minimum Gasteiger partial charge on any atom is -0.379 e. The summed E-state index contributed by atoms with van der Waals surface area (Å²) < 4.78 is 27.3. The Morgan fingerprint density at radius 3 is 1.74 bits per heavy atom. The van der Waals surface area contributed by atoms with Gasteiger partial charge in [-0.3, -0.25) is 0 Å². The fraction of sp³-hybridized carbons (Fsp3) is 1.00. The first-order chi connectivity index (χ1) is 9.08. The van der Waals surface area contributed by atoms with Crippen molar-refractivity contribution in [3.63, 3.8) is 0 Å². The maximum atomic E-state index is 5.72. The molecule has 1 atom stereocenters. The van der Waals surface area contributed by atoms with Gasteiger partial charge in [-0.05, 0) is 39.0 Å². The zero-order valence-electron chi connectivity index (χ0n) is 12.4. The molecule has 0 aromatic rings. The Morgan fingerprint density at radius 2 is 1.37 bits per heavy atom. The molecule has 0 fully saturated rings. The first-order valence-corrected chi connectivity index (χ1v) is 9.36. The van der Waals surface area contributed by atoms with Gasteiger partial charge in [-0.2, -0.15) is 0 Å². The number of rotatable bonds is 13. The molecule has 5 nitrogen and oxygen atoms in total. The van der Waals surface area contributed by atoms with Gasteiger partial charge in [0.2, 0.25) is 0 Å². The van der Waals surface area contributed by atoms with Crippen molar-refractivity contribution >= 4 is 18.5 Å². The molecule has 116 valence electrons. The van der Waals surface area contributed by atoms with Crippen LogP contribution in [0.15, 0.2) is 0 Å². The van der Waals surface area contributed by atoms with Crippen LogP contribution in [0.4, 0.5) is 0 Å². The molecule has 0 aliphatic rings. The second-order valence-electron chi connectivity index (χ2n) is 3.83. The van der Waals surface area contributed by atoms with Gasteiger partial charge in [-0.1, -0.05) is 6.92 Å². The van der Waals surface area contributed by atoms with Gasteiger partial charge >= 0.3 is 6.72 Å². The highest BCUT2D eigenvalue weighted by atomic mass is 32.5. The van der Waals surface area contributed by atoms with E-state index in [4.69, 9.17) is 34.9 Å². The molecule has 0 N–H and O–H groups in total. The summed E-state index contributed by atoms with van der Waals surface area (Å²) in [5, 5.41) is 0. The van der Waals surface area contributed by atoms with Crippen LogP contribution in [0, 0.1) is 0 Å². The summed E-state index contributed by atoms with van der Waals surface area (Å²) in [7, 11) is 0. The molecule has 1 unspecified atom stereocenters. The molecule has 0 heterocycles. The quantitative estimate of drug-likeness (QED) is 0.384. The Labute approximate surface area is 122 Å². The van der Waals surface area contributed by atoms with Crippen molar-refractivity contribution in [2.45, 2.75) is 40.2 Å². The van der Waals surface area contributed by atoms with E-state index >= 15 is 0 Å². The molecule has 0 amide bonds. The molecule has 19 heavy (non-hydrogen) atoms. The monoisotopic (exact) mass is 314 g/mol. The summed E-state index contributed by atoms with van der Waals surface area (Å²) >= 11 is 5.38. The van der Waals surface area contributed by atoms with E-state index < -0.39 is 6.72 Å². The van der Waals surface area contributed by atoms with E-state index in [0.29, 0.717) is 39.6 Å². The van der Waals surface area contributed by atoms with Gasteiger partial charge in [0.15, 0.2) is 0 Å². The van der Waals surface area contributed by atoms with E-state index in [1.165, 1.54) is 0 Å². The van der Waals surface area contributed by atoms with Crippen molar-refractivity contribution in [3.8, 4) is 0 Å². The Hall–Kier alpha value is 0.450. The molecular weight excluding hydrogens is 287 g/mol. The number of ether oxygens (including phenoxy) is 2. The van der Waals surface area contributed by atoms with Crippen LogP contribution in [0.3, 0.4) is 0 Å². The molecule has 0 bridgehead atoms. The average Bonchev–Trinajstić information content (AvgIpc) is 2.40. The normalized spacial score (nSPS) is 13.7. The molecule has 7 heteroatoms. The van der Waals surface area contributed by atoms with Gasteiger partial charge in [0.05, 0.1) is 32.5 Å². The van der Waals surface area contributed by atoms with Crippen LogP contribution in [0.1, 0.15) is 34.1 Å². The third-order valence-electron chi connectivity index (χ3n) is 2.25. The minimum atomic E-state index is -2.70. The van der Waals surface area contributed by atoms with E-state index in [2.05, 4.69) is 0 Å². The van der Waals surface area contributed by atoms with Gasteiger partial charge in [-0.15, -0.1) is 0 Å². The second kappa shape index (κ2) is 12.2. The van der Waals surface area contributed by atoms with Crippen LogP contribution in [0.25, 0.3) is 0 Å². The van der Waals surface area contributed by atoms with Crippen molar-refractivity contribution in [1.29, 1.82) is 0 Å². The van der Waals surface area contributed by atoms with Gasteiger partial charge in [0.1, 0.15) is 0 Å². The molecule has 0 aliphatic heterocycles. The highest BCUT2D eigenvalue weighted by molar-refractivity contribution is 8.07. The lowest BCUT2D eigenvalue weighted by atomic mass is 10.3. The van der Waals surface area contributed by atoms with Gasteiger partial charge < -0.3 is 23.0 Å². The Kier molecular flexibility index (Phi) is 12.5. The number of hydrogen-bond donors (Lipinski definition) is 0. The van der Waals surface area contributed by atoms with Crippen molar-refractivity contribution < 1.29 is 23.0 Å². The summed E-state index contributed by atoms with van der Waals surface area (Å²) in [5.41, 5.74) is 0. The average molecular weight is 314 g/mol. The fourth-order valence-corrected chi connectivity index (χ4v) is 3.37. The minimum absolute atomic E-state index is 0.0185. The van der Waals surface area contributed by atoms with Crippen LogP contribution in [-0.2, 0) is 34.9 Å². The zero-order chi connectivity index (χ0) is 14.6. The van der Waals surface area contributed by atoms with E-state index in [0.717, 1.165) is 6.42 Å². The summed E-state index contributed by atoms with van der Waals surface area (Å²) in [5.74, 6) is 0. The van der Waals surface area contributed by atoms with Crippen molar-refractivity contribution in [3.05, 3.63) is 0 Å². The van der Waals surface area contributed by atoms with Gasteiger partial charge in [0.25, 0.3) is 0 Å². The summed E-state index contributed by atoms with van der Waals surface area (Å²) in [6.45, 7) is 8.23. The Balaban J connectivity index is 4.15. The lowest BCUT2D eigenvalue weighted by Gasteiger charge is -2.24. The molecule has 0 saturated carbocycles. The topological polar surface area (TPSA) is 46.2 Å². The molecule has 0 radical (unpaired) electrons. The summed E-state index contributed by atoms with van der Waals surface area (Å²) in [4.78, 5) is 0. The van der Waals surface area contributed by atoms with E-state index in [1.54, 1.807) is 0 Å². The highest BCUT2D eigenvalue weighted by Gasteiger charge is 2.23. The Bertz CT molecular complexity index is 236. The van der Waals surface area contributed by atoms with Crippen molar-refractivity contribution in [2.75, 3.05) is 39.6 Å². The standard InChI is InChI=1S/C12H27O5PS/c1-5-12(4)17-18(19,15-10-8-13-6-2)16-11-9-14-7-3/h12H,5-11H2,1-4H3. The Morgan fingerprint density at radius 1 is 0.895 bits per heavy atom.